The molecule has 1 amide bonds. The maximum absolute atomic E-state index is 12.6. The van der Waals surface area contributed by atoms with Gasteiger partial charge in [0.15, 0.2) is 5.78 Å². The topological polar surface area (TPSA) is 72.6 Å². The molecule has 5 heteroatoms. The molecule has 5 nitrogen and oxygen atoms in total. The number of ketones is 1. The van der Waals surface area contributed by atoms with Gasteiger partial charge in [-0.05, 0) is 6.42 Å². The molecule has 1 aliphatic rings. The van der Waals surface area contributed by atoms with Crippen molar-refractivity contribution in [1.82, 2.24) is 4.90 Å². The number of hydrogen-bond donors (Lipinski definition) is 1. The van der Waals surface area contributed by atoms with E-state index in [1.807, 2.05) is 30.0 Å². The number of nitrogens with zero attached hydrogens (tertiary/aromatic N) is 1. The van der Waals surface area contributed by atoms with Gasteiger partial charge in [-0.15, -0.1) is 0 Å². The number of carbonyl (C=O) groups is 2. The number of Topliss-reactive ketones (excluding diaryl/α,β-unsaturated/α-hetero) is 1. The summed E-state index contributed by atoms with van der Waals surface area (Å²) in [5.74, 6) is -0.412. The molecular weight excluding hydrogens is 256 g/mol. The fraction of sp³-hybridized carbons (Fsp3) is 0.467. The van der Waals surface area contributed by atoms with Gasteiger partial charge in [0, 0.05) is 12.1 Å². The molecule has 20 heavy (non-hydrogen) atoms. The van der Waals surface area contributed by atoms with Crippen LogP contribution >= 0.6 is 0 Å². The zero-order chi connectivity index (χ0) is 14.5. The summed E-state index contributed by atoms with van der Waals surface area (Å²) in [6.07, 6.45) is 0.636. The summed E-state index contributed by atoms with van der Waals surface area (Å²) in [6.45, 7) is 3.26. The van der Waals surface area contributed by atoms with Gasteiger partial charge in [0.2, 0.25) is 5.91 Å². The van der Waals surface area contributed by atoms with Crippen LogP contribution in [0.2, 0.25) is 0 Å². The van der Waals surface area contributed by atoms with Crippen molar-refractivity contribution in [2.45, 2.75) is 25.4 Å². The van der Waals surface area contributed by atoms with Crippen molar-refractivity contribution in [3.63, 3.8) is 0 Å². The van der Waals surface area contributed by atoms with Crippen LogP contribution in [0.15, 0.2) is 30.3 Å². The highest BCUT2D eigenvalue weighted by Crippen LogP contribution is 2.18. The average molecular weight is 276 g/mol. The van der Waals surface area contributed by atoms with E-state index in [9.17, 15) is 9.59 Å². The molecule has 108 valence electrons. The van der Waals surface area contributed by atoms with Gasteiger partial charge in [-0.3, -0.25) is 14.5 Å². The van der Waals surface area contributed by atoms with Crippen molar-refractivity contribution in [2.75, 3.05) is 19.8 Å². The number of benzene rings is 1. The van der Waals surface area contributed by atoms with Crippen LogP contribution in [0.5, 0.6) is 0 Å². The molecule has 1 aromatic rings. The van der Waals surface area contributed by atoms with Crippen molar-refractivity contribution in [1.29, 1.82) is 0 Å². The first-order valence-electron chi connectivity index (χ1n) is 6.87. The Kier molecular flexibility index (Phi) is 4.87. The molecule has 0 spiro atoms. The molecule has 0 saturated carbocycles. The second kappa shape index (κ2) is 6.63. The fourth-order valence-corrected chi connectivity index (χ4v) is 2.60. The molecule has 2 unspecified atom stereocenters. The van der Waals surface area contributed by atoms with Gasteiger partial charge >= 0.3 is 0 Å². The van der Waals surface area contributed by atoms with Crippen LogP contribution in [0, 0.1) is 0 Å². The van der Waals surface area contributed by atoms with E-state index in [4.69, 9.17) is 10.5 Å². The minimum Gasteiger partial charge on any atom is -0.378 e. The Hall–Kier alpha value is -1.72. The van der Waals surface area contributed by atoms with Crippen LogP contribution in [0.4, 0.5) is 0 Å². The SMILES string of the molecule is CCC(C(=O)c1ccccc1)N1CCOCC1C(N)=O. The standard InChI is InChI=1S/C15H20N2O3/c1-2-12(14(18)11-6-4-3-5-7-11)17-8-9-20-10-13(17)15(16)19/h3-7,12-13H,2,8-10H2,1H3,(H2,16,19). The molecule has 2 rings (SSSR count). The van der Waals surface area contributed by atoms with Gasteiger partial charge in [0.1, 0.15) is 6.04 Å². The molecule has 1 fully saturated rings. The molecule has 1 aliphatic heterocycles. The zero-order valence-corrected chi connectivity index (χ0v) is 11.6. The number of carbonyl (C=O) groups excluding carboxylic acids is 2. The van der Waals surface area contributed by atoms with E-state index in [0.717, 1.165) is 0 Å². The first kappa shape index (κ1) is 14.7. The lowest BCUT2D eigenvalue weighted by Gasteiger charge is -2.38. The fourth-order valence-electron chi connectivity index (χ4n) is 2.60. The minimum absolute atomic E-state index is 0.0289. The number of morpholine rings is 1. The third-order valence-electron chi connectivity index (χ3n) is 3.65. The van der Waals surface area contributed by atoms with Crippen LogP contribution in [0.25, 0.3) is 0 Å². The molecule has 1 saturated heterocycles. The molecule has 0 aromatic heterocycles. The van der Waals surface area contributed by atoms with E-state index in [1.165, 1.54) is 0 Å². The van der Waals surface area contributed by atoms with Crippen LogP contribution in [-0.4, -0.2) is 48.4 Å². The Morgan fingerprint density at radius 2 is 2.10 bits per heavy atom. The maximum atomic E-state index is 12.6. The van der Waals surface area contributed by atoms with Crippen LogP contribution in [-0.2, 0) is 9.53 Å². The number of rotatable bonds is 5. The van der Waals surface area contributed by atoms with E-state index in [0.29, 0.717) is 25.1 Å². The first-order chi connectivity index (χ1) is 9.65. The zero-order valence-electron chi connectivity index (χ0n) is 11.6. The smallest absolute Gasteiger partial charge is 0.237 e. The molecular formula is C15H20N2O3. The van der Waals surface area contributed by atoms with Crippen LogP contribution in [0.1, 0.15) is 23.7 Å². The Bertz CT molecular complexity index is 475. The Morgan fingerprint density at radius 3 is 2.70 bits per heavy atom. The van der Waals surface area contributed by atoms with Gasteiger partial charge in [-0.2, -0.15) is 0 Å². The second-order valence-corrected chi connectivity index (χ2v) is 4.89. The summed E-state index contributed by atoms with van der Waals surface area (Å²) < 4.78 is 5.30. The normalized spacial score (nSPS) is 21.4. The van der Waals surface area contributed by atoms with E-state index in [-0.39, 0.29) is 18.4 Å². The molecule has 0 radical (unpaired) electrons. The molecule has 0 bridgehead atoms. The molecule has 1 aromatic carbocycles. The predicted octanol–water partition coefficient (Wildman–Crippen LogP) is 0.834. The number of amides is 1. The second-order valence-electron chi connectivity index (χ2n) is 4.89. The Balaban J connectivity index is 2.22. The van der Waals surface area contributed by atoms with Gasteiger partial charge in [0.05, 0.1) is 19.3 Å². The maximum Gasteiger partial charge on any atom is 0.237 e. The van der Waals surface area contributed by atoms with E-state index in [2.05, 4.69) is 0 Å². The summed E-state index contributed by atoms with van der Waals surface area (Å²) in [5.41, 5.74) is 6.08. The largest absolute Gasteiger partial charge is 0.378 e. The summed E-state index contributed by atoms with van der Waals surface area (Å²) in [4.78, 5) is 26.0. The van der Waals surface area contributed by atoms with E-state index >= 15 is 0 Å². The van der Waals surface area contributed by atoms with Crippen molar-refractivity contribution < 1.29 is 14.3 Å². The van der Waals surface area contributed by atoms with Crippen molar-refractivity contribution in [3.05, 3.63) is 35.9 Å². The lowest BCUT2D eigenvalue weighted by molar-refractivity contribution is -0.130. The average Bonchev–Trinajstić information content (AvgIpc) is 2.49. The van der Waals surface area contributed by atoms with E-state index in [1.54, 1.807) is 12.1 Å². The number of ether oxygens (including phenoxy) is 1. The summed E-state index contributed by atoms with van der Waals surface area (Å²) in [5, 5.41) is 0. The number of hydrogen-bond acceptors (Lipinski definition) is 4. The first-order valence-corrected chi connectivity index (χ1v) is 6.87. The number of nitrogens with two attached hydrogens (primary N) is 1. The highest BCUT2D eigenvalue weighted by atomic mass is 16.5. The van der Waals surface area contributed by atoms with Crippen molar-refractivity contribution in [2.24, 2.45) is 5.73 Å². The molecule has 2 atom stereocenters. The highest BCUT2D eigenvalue weighted by molar-refractivity contribution is 6.00. The molecule has 0 aliphatic carbocycles. The lowest BCUT2D eigenvalue weighted by atomic mass is 9.98. The molecule has 2 N–H and O–H groups in total. The Morgan fingerprint density at radius 1 is 1.40 bits per heavy atom. The van der Waals surface area contributed by atoms with Crippen molar-refractivity contribution in [3.8, 4) is 0 Å². The third-order valence-corrected chi connectivity index (χ3v) is 3.65. The summed E-state index contributed by atoms with van der Waals surface area (Å²) in [6, 6.07) is 8.28. The van der Waals surface area contributed by atoms with Gasteiger partial charge in [-0.1, -0.05) is 37.3 Å². The minimum atomic E-state index is -0.527. The van der Waals surface area contributed by atoms with Gasteiger partial charge in [0.25, 0.3) is 0 Å². The molecule has 1 heterocycles. The van der Waals surface area contributed by atoms with Gasteiger partial charge in [-0.25, -0.2) is 0 Å². The summed E-state index contributed by atoms with van der Waals surface area (Å²) in [7, 11) is 0. The third kappa shape index (κ3) is 3.05. The van der Waals surface area contributed by atoms with Crippen LogP contribution in [0.3, 0.4) is 0 Å². The quantitative estimate of drug-likeness (QED) is 0.809. The Labute approximate surface area is 118 Å². The summed E-state index contributed by atoms with van der Waals surface area (Å²) >= 11 is 0. The van der Waals surface area contributed by atoms with Crippen molar-refractivity contribution >= 4 is 11.7 Å². The highest BCUT2D eigenvalue weighted by Gasteiger charge is 2.35. The van der Waals surface area contributed by atoms with Gasteiger partial charge < -0.3 is 10.5 Å². The van der Waals surface area contributed by atoms with Crippen LogP contribution < -0.4 is 5.73 Å². The van der Waals surface area contributed by atoms with E-state index < -0.39 is 11.9 Å². The number of primary amides is 1. The monoisotopic (exact) mass is 276 g/mol. The lowest BCUT2D eigenvalue weighted by Crippen LogP contribution is -2.58. The predicted molar refractivity (Wildman–Crippen MR) is 75.4 cm³/mol.